The molecule has 0 radical (unpaired) electrons. The molecule has 1 aromatic carbocycles. The lowest BCUT2D eigenvalue weighted by Gasteiger charge is -2.33. The molecule has 1 aliphatic rings. The molecule has 0 saturated heterocycles. The lowest BCUT2D eigenvalue weighted by Crippen LogP contribution is -2.35. The van der Waals surface area contributed by atoms with Crippen LogP contribution in [0.25, 0.3) is 0 Å². The van der Waals surface area contributed by atoms with Gasteiger partial charge in [-0.1, -0.05) is 6.92 Å². The molecule has 0 heterocycles. The van der Waals surface area contributed by atoms with E-state index in [2.05, 4.69) is 5.32 Å². The molecule has 1 aliphatic carbocycles. The van der Waals surface area contributed by atoms with Crippen LogP contribution in [0.5, 0.6) is 0 Å². The van der Waals surface area contributed by atoms with Gasteiger partial charge in [0.25, 0.3) is 0 Å². The highest BCUT2D eigenvalue weighted by atomic mass is 19.1. The van der Waals surface area contributed by atoms with Crippen LogP contribution in [-0.4, -0.2) is 18.0 Å². The summed E-state index contributed by atoms with van der Waals surface area (Å²) in [6.07, 6.45) is 1.88. The van der Waals surface area contributed by atoms with Gasteiger partial charge in [-0.15, -0.1) is 0 Å². The first-order valence-corrected chi connectivity index (χ1v) is 6.88. The molecular weight excluding hydrogens is 273 g/mol. The molecule has 1 atom stereocenters. The number of benzene rings is 1. The third-order valence-corrected chi connectivity index (χ3v) is 4.20. The van der Waals surface area contributed by atoms with Crippen molar-refractivity contribution in [3.63, 3.8) is 0 Å². The van der Waals surface area contributed by atoms with Crippen LogP contribution in [-0.2, 0) is 16.0 Å². The van der Waals surface area contributed by atoms with E-state index in [1.54, 1.807) is 13.8 Å². The number of fused-ring (bicyclic) bond motifs is 1. The Morgan fingerprint density at radius 1 is 1.52 bits per heavy atom. The lowest BCUT2D eigenvalue weighted by molar-refractivity contribution is -0.114. The highest BCUT2D eigenvalue weighted by Crippen LogP contribution is 2.42. The van der Waals surface area contributed by atoms with Crippen molar-refractivity contribution in [3.05, 3.63) is 28.6 Å². The summed E-state index contributed by atoms with van der Waals surface area (Å²) in [7, 11) is 0. The van der Waals surface area contributed by atoms with Crippen LogP contribution in [0, 0.1) is 18.2 Å². The molecule has 21 heavy (non-hydrogen) atoms. The van der Waals surface area contributed by atoms with Gasteiger partial charge in [-0.2, -0.15) is 0 Å². The molecule has 0 spiro atoms. The average Bonchev–Trinajstić information content (AvgIpc) is 2.39. The Labute approximate surface area is 122 Å². The summed E-state index contributed by atoms with van der Waals surface area (Å²) in [5, 5.41) is 2.52. The second-order valence-electron chi connectivity index (χ2n) is 5.83. The Balaban J connectivity index is 2.63. The molecular formula is C16H18FNO3. The molecule has 0 aromatic heterocycles. The Kier molecular flexibility index (Phi) is 3.94. The standard InChI is InChI=1S/C16H18FNO3/c1-9-11-4-5-16(3,6-7-19)15(21)14(11)13(8-12(9)17)18-10(2)20/h7-8H,4-6H2,1-3H3,(H,18,20). The Morgan fingerprint density at radius 2 is 2.19 bits per heavy atom. The van der Waals surface area contributed by atoms with Gasteiger partial charge in [-0.25, -0.2) is 4.39 Å². The van der Waals surface area contributed by atoms with Gasteiger partial charge in [0.2, 0.25) is 5.91 Å². The van der Waals surface area contributed by atoms with Crippen LogP contribution in [0.3, 0.4) is 0 Å². The normalized spacial score (nSPS) is 20.9. The molecule has 4 nitrogen and oxygen atoms in total. The van der Waals surface area contributed by atoms with E-state index >= 15 is 0 Å². The summed E-state index contributed by atoms with van der Waals surface area (Å²) in [6, 6.07) is 1.18. The van der Waals surface area contributed by atoms with E-state index in [0.717, 1.165) is 6.29 Å². The number of anilines is 1. The number of hydrogen-bond acceptors (Lipinski definition) is 3. The number of rotatable bonds is 3. The SMILES string of the molecule is CC(=O)Nc1cc(F)c(C)c2c1C(=O)C(C)(CC=O)CC2. The van der Waals surface area contributed by atoms with E-state index < -0.39 is 11.2 Å². The number of carbonyl (C=O) groups is 3. The number of nitrogens with one attached hydrogen (secondary N) is 1. The van der Waals surface area contributed by atoms with E-state index in [-0.39, 0.29) is 23.8 Å². The van der Waals surface area contributed by atoms with Crippen LogP contribution >= 0.6 is 0 Å². The smallest absolute Gasteiger partial charge is 0.221 e. The zero-order valence-corrected chi connectivity index (χ0v) is 12.4. The monoisotopic (exact) mass is 291 g/mol. The Bertz CT molecular complexity index is 639. The number of hydrogen-bond donors (Lipinski definition) is 1. The van der Waals surface area contributed by atoms with E-state index in [1.165, 1.54) is 13.0 Å². The second-order valence-corrected chi connectivity index (χ2v) is 5.83. The van der Waals surface area contributed by atoms with Crippen LogP contribution in [0.1, 0.15) is 48.2 Å². The summed E-state index contributed by atoms with van der Waals surface area (Å²) in [6.45, 7) is 4.67. The molecule has 1 amide bonds. The minimum absolute atomic E-state index is 0.126. The third kappa shape index (κ3) is 2.60. The molecule has 2 rings (SSSR count). The molecule has 0 saturated carbocycles. The Morgan fingerprint density at radius 3 is 2.76 bits per heavy atom. The molecule has 0 aliphatic heterocycles. The summed E-state index contributed by atoms with van der Waals surface area (Å²) in [5.41, 5.74) is 0.821. The number of halogens is 1. The van der Waals surface area contributed by atoms with Gasteiger partial charge in [0.05, 0.1) is 5.69 Å². The van der Waals surface area contributed by atoms with E-state index in [4.69, 9.17) is 0 Å². The summed E-state index contributed by atoms with van der Waals surface area (Å²) >= 11 is 0. The molecule has 0 fully saturated rings. The van der Waals surface area contributed by atoms with Crippen molar-refractivity contribution in [2.24, 2.45) is 5.41 Å². The Hall–Kier alpha value is -2.04. The molecule has 1 unspecified atom stereocenters. The number of carbonyl (C=O) groups excluding carboxylic acids is 3. The fourth-order valence-corrected chi connectivity index (χ4v) is 2.86. The summed E-state index contributed by atoms with van der Waals surface area (Å²) in [4.78, 5) is 34.9. The van der Waals surface area contributed by atoms with Crippen LogP contribution in [0.2, 0.25) is 0 Å². The first kappa shape index (κ1) is 15.4. The predicted molar refractivity (Wildman–Crippen MR) is 76.9 cm³/mol. The van der Waals surface area contributed by atoms with Gasteiger partial charge < -0.3 is 10.1 Å². The minimum Gasteiger partial charge on any atom is -0.326 e. The first-order valence-electron chi connectivity index (χ1n) is 6.88. The topological polar surface area (TPSA) is 63.2 Å². The first-order chi connectivity index (χ1) is 9.80. The van der Waals surface area contributed by atoms with Crippen molar-refractivity contribution >= 4 is 23.7 Å². The van der Waals surface area contributed by atoms with Gasteiger partial charge in [0.1, 0.15) is 12.1 Å². The molecule has 112 valence electrons. The maximum atomic E-state index is 14.0. The number of ketones is 1. The predicted octanol–water partition coefficient (Wildman–Crippen LogP) is 2.82. The maximum absolute atomic E-state index is 14.0. The van der Waals surface area contributed by atoms with Crippen LogP contribution < -0.4 is 5.32 Å². The van der Waals surface area contributed by atoms with Crippen molar-refractivity contribution in [2.45, 2.75) is 40.0 Å². The third-order valence-electron chi connectivity index (χ3n) is 4.20. The molecule has 5 heteroatoms. The largest absolute Gasteiger partial charge is 0.326 e. The van der Waals surface area contributed by atoms with E-state index in [0.29, 0.717) is 29.5 Å². The average molecular weight is 291 g/mol. The fraction of sp³-hybridized carbons (Fsp3) is 0.438. The van der Waals surface area contributed by atoms with Gasteiger partial charge in [0.15, 0.2) is 5.78 Å². The van der Waals surface area contributed by atoms with E-state index in [9.17, 15) is 18.8 Å². The van der Waals surface area contributed by atoms with E-state index in [1.807, 2.05) is 0 Å². The van der Waals surface area contributed by atoms with Crippen molar-refractivity contribution in [3.8, 4) is 0 Å². The van der Waals surface area contributed by atoms with Crippen LogP contribution in [0.4, 0.5) is 10.1 Å². The lowest BCUT2D eigenvalue weighted by atomic mass is 9.69. The zero-order chi connectivity index (χ0) is 15.8. The van der Waals surface area contributed by atoms with Gasteiger partial charge >= 0.3 is 0 Å². The van der Waals surface area contributed by atoms with Crippen molar-refractivity contribution in [1.29, 1.82) is 0 Å². The fourth-order valence-electron chi connectivity index (χ4n) is 2.86. The minimum atomic E-state index is -0.785. The molecule has 1 N–H and O–H groups in total. The summed E-state index contributed by atoms with van der Waals surface area (Å²) in [5.74, 6) is -1.01. The number of aldehydes is 1. The van der Waals surface area contributed by atoms with Gasteiger partial charge in [0, 0.05) is 24.3 Å². The maximum Gasteiger partial charge on any atom is 0.221 e. The number of Topliss-reactive ketones (excluding diaryl/α,β-unsaturated/α-hetero) is 1. The van der Waals surface area contributed by atoms with Gasteiger partial charge in [-0.3, -0.25) is 9.59 Å². The van der Waals surface area contributed by atoms with Crippen molar-refractivity contribution in [2.75, 3.05) is 5.32 Å². The summed E-state index contributed by atoms with van der Waals surface area (Å²) < 4.78 is 14.0. The highest BCUT2D eigenvalue weighted by Gasteiger charge is 2.40. The van der Waals surface area contributed by atoms with Crippen molar-refractivity contribution < 1.29 is 18.8 Å². The highest BCUT2D eigenvalue weighted by molar-refractivity contribution is 6.10. The van der Waals surface area contributed by atoms with Crippen molar-refractivity contribution in [1.82, 2.24) is 0 Å². The number of amides is 1. The quantitative estimate of drug-likeness (QED) is 0.871. The van der Waals surface area contributed by atoms with Gasteiger partial charge in [-0.05, 0) is 37.0 Å². The molecule has 0 bridgehead atoms. The zero-order valence-electron chi connectivity index (χ0n) is 12.4. The van der Waals surface area contributed by atoms with Crippen LogP contribution in [0.15, 0.2) is 6.07 Å². The second kappa shape index (κ2) is 5.39. The molecule has 1 aromatic rings.